The van der Waals surface area contributed by atoms with E-state index in [0.29, 0.717) is 25.0 Å². The predicted octanol–water partition coefficient (Wildman–Crippen LogP) is 1.56. The van der Waals surface area contributed by atoms with Crippen molar-refractivity contribution in [2.45, 2.75) is 0 Å². The van der Waals surface area contributed by atoms with E-state index in [1.165, 1.54) is 0 Å². The minimum Gasteiger partial charge on any atom is -0.490 e. The molecule has 10 heteroatoms. The smallest absolute Gasteiger partial charge is 0.330 e. The van der Waals surface area contributed by atoms with Gasteiger partial charge in [-0.25, -0.2) is 0 Å². The van der Waals surface area contributed by atoms with E-state index in [9.17, 15) is 0 Å². The maximum Gasteiger partial charge on any atom is 0.330 e. The van der Waals surface area contributed by atoms with Gasteiger partial charge in [-0.3, -0.25) is 0 Å². The minimum absolute atomic E-state index is 0.0328. The monoisotopic (exact) mass is 369 g/mol. The Morgan fingerprint density at radius 1 is 0.852 bits per heavy atom. The van der Waals surface area contributed by atoms with Gasteiger partial charge < -0.3 is 24.8 Å². The van der Waals surface area contributed by atoms with Crippen molar-refractivity contribution in [2.24, 2.45) is 0 Å². The number of benzene rings is 1. The highest BCUT2D eigenvalue weighted by Gasteiger charge is 2.09. The van der Waals surface area contributed by atoms with Crippen molar-refractivity contribution in [3.05, 3.63) is 42.5 Å². The summed E-state index contributed by atoms with van der Waals surface area (Å²) in [6, 6.07) is 12.7. The van der Waals surface area contributed by atoms with Crippen LogP contribution in [0.1, 0.15) is 0 Å². The van der Waals surface area contributed by atoms with Crippen LogP contribution in [0.15, 0.2) is 42.5 Å². The fourth-order valence-corrected chi connectivity index (χ4v) is 1.96. The van der Waals surface area contributed by atoms with Crippen LogP contribution in [0.4, 0.5) is 11.9 Å². The van der Waals surface area contributed by atoms with Crippen molar-refractivity contribution in [1.29, 1.82) is 0 Å². The Hall–Kier alpha value is -3.69. The predicted molar refractivity (Wildman–Crippen MR) is 98.1 cm³/mol. The number of aromatic nitrogens is 5. The molecule has 27 heavy (non-hydrogen) atoms. The topological polar surface area (TPSA) is 121 Å². The first-order valence-corrected chi connectivity index (χ1v) is 8.11. The molecule has 0 saturated heterocycles. The summed E-state index contributed by atoms with van der Waals surface area (Å²) < 4.78 is 16.5. The first-order valence-electron chi connectivity index (χ1n) is 8.11. The van der Waals surface area contributed by atoms with E-state index in [-0.39, 0.29) is 17.8 Å². The van der Waals surface area contributed by atoms with Crippen LogP contribution in [0.5, 0.6) is 23.5 Å². The second kappa shape index (κ2) is 8.61. The average Bonchev–Trinajstić information content (AvgIpc) is 2.67. The van der Waals surface area contributed by atoms with Gasteiger partial charge in [-0.05, 0) is 12.1 Å². The number of hydrogen-bond acceptors (Lipinski definition) is 10. The van der Waals surface area contributed by atoms with E-state index in [4.69, 9.17) is 19.9 Å². The number of anilines is 2. The standard InChI is InChI=1S/C17H19N7O3/c1-24(2)16-19-15(18)20-17(21-16)27-14-9-8-13(22-23-14)26-11-10-25-12-6-4-3-5-7-12/h3-9H,10-11H2,1-2H3,(H2,18,19,20,21). The van der Waals surface area contributed by atoms with Crippen LogP contribution in [0.25, 0.3) is 0 Å². The molecule has 0 unspecified atom stereocenters. The molecule has 0 aliphatic carbocycles. The Morgan fingerprint density at radius 3 is 2.26 bits per heavy atom. The van der Waals surface area contributed by atoms with Gasteiger partial charge in [0.1, 0.15) is 19.0 Å². The van der Waals surface area contributed by atoms with Gasteiger partial charge in [-0.1, -0.05) is 18.2 Å². The van der Waals surface area contributed by atoms with Crippen molar-refractivity contribution >= 4 is 11.9 Å². The zero-order valence-electron chi connectivity index (χ0n) is 14.9. The number of nitrogens with two attached hydrogens (primary N) is 1. The SMILES string of the molecule is CN(C)c1nc(N)nc(Oc2ccc(OCCOc3ccccc3)nn2)n1. The average molecular weight is 369 g/mol. The highest BCUT2D eigenvalue weighted by Crippen LogP contribution is 2.18. The summed E-state index contributed by atoms with van der Waals surface area (Å²) in [6.07, 6.45) is 0. The molecule has 2 heterocycles. The fraction of sp³-hybridized carbons (Fsp3) is 0.235. The van der Waals surface area contributed by atoms with Crippen LogP contribution in [0.2, 0.25) is 0 Å². The largest absolute Gasteiger partial charge is 0.490 e. The summed E-state index contributed by atoms with van der Waals surface area (Å²) in [5.41, 5.74) is 5.65. The molecule has 1 aromatic carbocycles. The van der Waals surface area contributed by atoms with Crippen molar-refractivity contribution in [3.63, 3.8) is 0 Å². The number of nitrogen functional groups attached to an aromatic ring is 1. The van der Waals surface area contributed by atoms with Gasteiger partial charge in [-0.15, -0.1) is 10.2 Å². The molecule has 0 spiro atoms. The van der Waals surface area contributed by atoms with Crippen LogP contribution < -0.4 is 24.8 Å². The van der Waals surface area contributed by atoms with Gasteiger partial charge in [-0.2, -0.15) is 15.0 Å². The van der Waals surface area contributed by atoms with Crippen LogP contribution in [0, 0.1) is 0 Å². The fourth-order valence-electron chi connectivity index (χ4n) is 1.96. The highest BCUT2D eigenvalue weighted by atomic mass is 16.5. The minimum atomic E-state index is 0.0328. The molecular weight excluding hydrogens is 350 g/mol. The van der Waals surface area contributed by atoms with Gasteiger partial charge in [0.15, 0.2) is 0 Å². The molecular formula is C17H19N7O3. The molecule has 0 aliphatic heterocycles. The maximum atomic E-state index is 5.65. The molecule has 3 aromatic rings. The first-order chi connectivity index (χ1) is 13.1. The van der Waals surface area contributed by atoms with Crippen LogP contribution in [-0.2, 0) is 0 Å². The van der Waals surface area contributed by atoms with Crippen molar-refractivity contribution in [1.82, 2.24) is 25.1 Å². The first kappa shape index (κ1) is 18.1. The molecule has 3 rings (SSSR count). The second-order valence-electron chi connectivity index (χ2n) is 5.49. The van der Waals surface area contributed by atoms with Crippen LogP contribution >= 0.6 is 0 Å². The zero-order chi connectivity index (χ0) is 19.1. The highest BCUT2D eigenvalue weighted by molar-refractivity contribution is 5.34. The summed E-state index contributed by atoms with van der Waals surface area (Å²) in [4.78, 5) is 13.7. The molecule has 0 saturated carbocycles. The second-order valence-corrected chi connectivity index (χ2v) is 5.49. The maximum absolute atomic E-state index is 5.65. The Kier molecular flexibility index (Phi) is 5.77. The molecule has 0 atom stereocenters. The number of para-hydroxylation sites is 1. The van der Waals surface area contributed by atoms with Crippen LogP contribution in [0.3, 0.4) is 0 Å². The molecule has 140 valence electrons. The molecule has 0 fully saturated rings. The lowest BCUT2D eigenvalue weighted by Crippen LogP contribution is -2.15. The third-order valence-corrected chi connectivity index (χ3v) is 3.18. The molecule has 0 radical (unpaired) electrons. The number of rotatable bonds is 8. The summed E-state index contributed by atoms with van der Waals surface area (Å²) >= 11 is 0. The van der Waals surface area contributed by atoms with E-state index in [0.717, 1.165) is 5.75 Å². The van der Waals surface area contributed by atoms with Crippen molar-refractivity contribution < 1.29 is 14.2 Å². The van der Waals surface area contributed by atoms with E-state index >= 15 is 0 Å². The quantitative estimate of drug-likeness (QED) is 0.585. The number of nitrogens with zero attached hydrogens (tertiary/aromatic N) is 6. The molecule has 0 bridgehead atoms. The van der Waals surface area contributed by atoms with Gasteiger partial charge in [0, 0.05) is 26.2 Å². The Bertz CT molecular complexity index is 860. The lowest BCUT2D eigenvalue weighted by Gasteiger charge is -2.11. The normalized spacial score (nSPS) is 10.3. The molecule has 2 aromatic heterocycles. The van der Waals surface area contributed by atoms with E-state index in [2.05, 4.69) is 25.1 Å². The van der Waals surface area contributed by atoms with E-state index < -0.39 is 0 Å². The molecule has 2 N–H and O–H groups in total. The molecule has 0 amide bonds. The lowest BCUT2D eigenvalue weighted by molar-refractivity contribution is 0.210. The Morgan fingerprint density at radius 2 is 1.56 bits per heavy atom. The zero-order valence-corrected chi connectivity index (χ0v) is 14.9. The van der Waals surface area contributed by atoms with E-state index in [1.54, 1.807) is 31.1 Å². The Balaban J connectivity index is 1.51. The third-order valence-electron chi connectivity index (χ3n) is 3.18. The van der Waals surface area contributed by atoms with Gasteiger partial charge >= 0.3 is 6.01 Å². The van der Waals surface area contributed by atoms with Crippen LogP contribution in [-0.4, -0.2) is 52.5 Å². The van der Waals surface area contributed by atoms with Crippen molar-refractivity contribution in [2.75, 3.05) is 37.9 Å². The number of ether oxygens (including phenoxy) is 3. The summed E-state index contributed by atoms with van der Waals surface area (Å²) in [6.45, 7) is 0.724. The summed E-state index contributed by atoms with van der Waals surface area (Å²) in [5, 5.41) is 7.86. The number of hydrogen-bond donors (Lipinski definition) is 1. The van der Waals surface area contributed by atoms with Gasteiger partial charge in [0.2, 0.25) is 23.7 Å². The molecule has 0 aliphatic rings. The lowest BCUT2D eigenvalue weighted by atomic mass is 10.3. The van der Waals surface area contributed by atoms with Crippen molar-refractivity contribution in [3.8, 4) is 23.5 Å². The third kappa shape index (κ3) is 5.39. The summed E-state index contributed by atoms with van der Waals surface area (Å²) in [7, 11) is 3.57. The Labute approximate surface area is 156 Å². The van der Waals surface area contributed by atoms with Gasteiger partial charge in [0.05, 0.1) is 0 Å². The summed E-state index contributed by atoms with van der Waals surface area (Å²) in [5.74, 6) is 1.77. The van der Waals surface area contributed by atoms with E-state index in [1.807, 2.05) is 30.3 Å². The molecule has 10 nitrogen and oxygen atoms in total. The van der Waals surface area contributed by atoms with Gasteiger partial charge in [0.25, 0.3) is 0 Å².